The first-order valence-corrected chi connectivity index (χ1v) is 6.50. The first-order valence-electron chi connectivity index (χ1n) is 6.50. The Bertz CT molecular complexity index is 462. The van der Waals surface area contributed by atoms with E-state index in [1.54, 1.807) is 25.1 Å². The number of aliphatic hydroxyl groups is 2. The first kappa shape index (κ1) is 16.3. The summed E-state index contributed by atoms with van der Waals surface area (Å²) >= 11 is 0. The van der Waals surface area contributed by atoms with Gasteiger partial charge in [-0.15, -0.1) is 0 Å². The predicted octanol–water partition coefficient (Wildman–Crippen LogP) is 0.198. The number of nitrogens with one attached hydrogen (secondary N) is 1. The van der Waals surface area contributed by atoms with Gasteiger partial charge >= 0.3 is 0 Å². The Labute approximate surface area is 119 Å². The summed E-state index contributed by atoms with van der Waals surface area (Å²) in [6, 6.07) is 5.01. The number of hydrogen-bond donors (Lipinski definition) is 4. The summed E-state index contributed by atoms with van der Waals surface area (Å²) in [5, 5.41) is 21.3. The van der Waals surface area contributed by atoms with Crippen molar-refractivity contribution < 1.29 is 15.0 Å². The smallest absolute Gasteiger partial charge is 0.251 e. The lowest BCUT2D eigenvalue weighted by molar-refractivity contribution is 0.0653. The number of hydrogen-bond acceptors (Lipinski definition) is 5. The molecule has 1 rings (SSSR count). The number of nitrogens with two attached hydrogens (primary N) is 1. The van der Waals surface area contributed by atoms with Crippen molar-refractivity contribution in [2.75, 3.05) is 37.9 Å². The molecule has 1 amide bonds. The quantitative estimate of drug-likeness (QED) is 0.558. The van der Waals surface area contributed by atoms with Crippen molar-refractivity contribution in [2.24, 2.45) is 0 Å². The average Bonchev–Trinajstić information content (AvgIpc) is 2.44. The molecule has 20 heavy (non-hydrogen) atoms. The van der Waals surface area contributed by atoms with E-state index in [0.717, 1.165) is 5.69 Å². The van der Waals surface area contributed by atoms with Crippen molar-refractivity contribution >= 4 is 17.3 Å². The third kappa shape index (κ3) is 3.40. The van der Waals surface area contributed by atoms with E-state index in [9.17, 15) is 15.0 Å². The molecule has 0 spiro atoms. The molecule has 1 aromatic carbocycles. The molecule has 0 unspecified atom stereocenters. The summed E-state index contributed by atoms with van der Waals surface area (Å²) in [5.41, 5.74) is 6.61. The summed E-state index contributed by atoms with van der Waals surface area (Å²) in [6.07, 6.45) is 0.428. The highest BCUT2D eigenvalue weighted by atomic mass is 16.3. The number of aliphatic hydroxyl groups excluding tert-OH is 2. The highest BCUT2D eigenvalue weighted by Crippen LogP contribution is 2.22. The van der Waals surface area contributed by atoms with Crippen LogP contribution in [-0.4, -0.2) is 49.0 Å². The molecule has 0 bridgehead atoms. The highest BCUT2D eigenvalue weighted by molar-refractivity contribution is 5.96. The van der Waals surface area contributed by atoms with Crippen LogP contribution in [0.3, 0.4) is 0 Å². The predicted molar refractivity (Wildman–Crippen MR) is 79.8 cm³/mol. The minimum absolute atomic E-state index is 0.322. The number of anilines is 2. The number of nitrogens with zero attached hydrogens (tertiary/aromatic N) is 1. The van der Waals surface area contributed by atoms with Crippen LogP contribution in [0.2, 0.25) is 0 Å². The second-order valence-electron chi connectivity index (χ2n) is 5.07. The second-order valence-corrected chi connectivity index (χ2v) is 5.07. The molecule has 1 aromatic rings. The van der Waals surface area contributed by atoms with Gasteiger partial charge < -0.3 is 26.2 Å². The fraction of sp³-hybridized carbons (Fsp3) is 0.500. The minimum Gasteiger partial charge on any atom is -0.397 e. The van der Waals surface area contributed by atoms with E-state index < -0.39 is 5.54 Å². The molecule has 6 heteroatoms. The average molecular weight is 281 g/mol. The van der Waals surface area contributed by atoms with Crippen molar-refractivity contribution in [1.82, 2.24) is 5.32 Å². The largest absolute Gasteiger partial charge is 0.397 e. The van der Waals surface area contributed by atoms with Crippen molar-refractivity contribution in [1.29, 1.82) is 0 Å². The Hall–Kier alpha value is -1.79. The van der Waals surface area contributed by atoms with Gasteiger partial charge in [0.25, 0.3) is 5.91 Å². The molecule has 0 aliphatic heterocycles. The third-order valence-corrected chi connectivity index (χ3v) is 3.43. The van der Waals surface area contributed by atoms with E-state index in [2.05, 4.69) is 5.32 Å². The third-order valence-electron chi connectivity index (χ3n) is 3.43. The van der Waals surface area contributed by atoms with Crippen molar-refractivity contribution in [3.05, 3.63) is 23.8 Å². The zero-order chi connectivity index (χ0) is 15.3. The van der Waals surface area contributed by atoms with Gasteiger partial charge in [-0.25, -0.2) is 0 Å². The van der Waals surface area contributed by atoms with E-state index in [-0.39, 0.29) is 19.1 Å². The van der Waals surface area contributed by atoms with Crippen molar-refractivity contribution in [3.63, 3.8) is 0 Å². The molecule has 6 nitrogen and oxygen atoms in total. The molecule has 5 N–H and O–H groups in total. The molecule has 0 radical (unpaired) electrons. The van der Waals surface area contributed by atoms with Gasteiger partial charge in [0.15, 0.2) is 0 Å². The number of rotatable bonds is 6. The van der Waals surface area contributed by atoms with Gasteiger partial charge in [0, 0.05) is 19.7 Å². The van der Waals surface area contributed by atoms with E-state index in [1.165, 1.54) is 0 Å². The van der Waals surface area contributed by atoms with Crippen LogP contribution in [0.25, 0.3) is 0 Å². The van der Waals surface area contributed by atoms with Crippen LogP contribution in [0.1, 0.15) is 23.7 Å². The molecule has 112 valence electrons. The lowest BCUT2D eigenvalue weighted by atomic mass is 9.97. The fourth-order valence-electron chi connectivity index (χ4n) is 1.86. The van der Waals surface area contributed by atoms with Crippen molar-refractivity contribution in [2.45, 2.75) is 18.9 Å². The number of carbonyl (C=O) groups is 1. The van der Waals surface area contributed by atoms with Crippen LogP contribution in [0, 0.1) is 0 Å². The molecule has 0 saturated heterocycles. The fourth-order valence-corrected chi connectivity index (χ4v) is 1.86. The Morgan fingerprint density at radius 3 is 2.35 bits per heavy atom. The van der Waals surface area contributed by atoms with Crippen LogP contribution in [-0.2, 0) is 0 Å². The maximum absolute atomic E-state index is 12.2. The summed E-state index contributed by atoms with van der Waals surface area (Å²) < 4.78 is 0. The lowest BCUT2D eigenvalue weighted by Crippen LogP contribution is -2.53. The standard InChI is InChI=1S/C14H23N3O3/c1-4-14(8-18,9-19)16-13(20)10-5-6-12(17(2)3)11(15)7-10/h5-7,18-19H,4,8-9,15H2,1-3H3,(H,16,20). The van der Waals surface area contributed by atoms with Crippen LogP contribution >= 0.6 is 0 Å². The van der Waals surface area contributed by atoms with E-state index >= 15 is 0 Å². The zero-order valence-corrected chi connectivity index (χ0v) is 12.2. The van der Waals surface area contributed by atoms with Crippen LogP contribution in [0.15, 0.2) is 18.2 Å². The zero-order valence-electron chi connectivity index (χ0n) is 12.2. The Morgan fingerprint density at radius 1 is 1.35 bits per heavy atom. The molecule has 0 aromatic heterocycles. The van der Waals surface area contributed by atoms with Gasteiger partial charge in [-0.3, -0.25) is 4.79 Å². The summed E-state index contributed by atoms with van der Waals surface area (Å²) in [6.45, 7) is 1.14. The number of amides is 1. The van der Waals surface area contributed by atoms with Gasteiger partial charge in [0.1, 0.15) is 0 Å². The molecular weight excluding hydrogens is 258 g/mol. The SMILES string of the molecule is CCC(CO)(CO)NC(=O)c1ccc(N(C)C)c(N)c1. The monoisotopic (exact) mass is 281 g/mol. The van der Waals surface area contributed by atoms with Crippen LogP contribution in [0.5, 0.6) is 0 Å². The van der Waals surface area contributed by atoms with Crippen LogP contribution in [0.4, 0.5) is 11.4 Å². The maximum atomic E-state index is 12.2. The topological polar surface area (TPSA) is 98.8 Å². The summed E-state index contributed by atoms with van der Waals surface area (Å²) in [5.74, 6) is -0.369. The molecule has 0 atom stereocenters. The molecule has 0 aliphatic rings. The molecular formula is C14H23N3O3. The molecule has 0 heterocycles. The van der Waals surface area contributed by atoms with Gasteiger partial charge in [0.05, 0.1) is 30.1 Å². The van der Waals surface area contributed by atoms with Gasteiger partial charge in [0.2, 0.25) is 0 Å². The number of carbonyl (C=O) groups excluding carboxylic acids is 1. The number of nitrogen functional groups attached to an aromatic ring is 1. The minimum atomic E-state index is -1.01. The highest BCUT2D eigenvalue weighted by Gasteiger charge is 2.29. The Kier molecular flexibility index (Phi) is 5.35. The summed E-state index contributed by atoms with van der Waals surface area (Å²) in [7, 11) is 3.73. The first-order chi connectivity index (χ1) is 9.39. The van der Waals surface area contributed by atoms with Crippen LogP contribution < -0.4 is 16.0 Å². The molecule has 0 fully saturated rings. The Balaban J connectivity index is 2.96. The van der Waals surface area contributed by atoms with Gasteiger partial charge in [-0.2, -0.15) is 0 Å². The van der Waals surface area contributed by atoms with E-state index in [0.29, 0.717) is 17.7 Å². The molecule has 0 aliphatic carbocycles. The van der Waals surface area contributed by atoms with Gasteiger partial charge in [-0.05, 0) is 24.6 Å². The molecule has 0 saturated carbocycles. The van der Waals surface area contributed by atoms with Gasteiger partial charge in [-0.1, -0.05) is 6.92 Å². The van der Waals surface area contributed by atoms with E-state index in [4.69, 9.17) is 5.73 Å². The van der Waals surface area contributed by atoms with Crippen molar-refractivity contribution in [3.8, 4) is 0 Å². The Morgan fingerprint density at radius 2 is 1.95 bits per heavy atom. The lowest BCUT2D eigenvalue weighted by Gasteiger charge is -2.29. The normalized spacial score (nSPS) is 11.2. The maximum Gasteiger partial charge on any atom is 0.251 e. The summed E-state index contributed by atoms with van der Waals surface area (Å²) in [4.78, 5) is 14.0. The second kappa shape index (κ2) is 6.58. The van der Waals surface area contributed by atoms with E-state index in [1.807, 2.05) is 19.0 Å². The number of benzene rings is 1.